The number of nitrogens with zero attached hydrogens (tertiary/aromatic N) is 4. The molecule has 2 fully saturated rings. The number of rotatable bonds is 5. The fraction of sp³-hybridized carbons (Fsp3) is 0.600. The third-order valence-electron chi connectivity index (χ3n) is 7.26. The average molecular weight is 422 g/mol. The zero-order valence-corrected chi connectivity index (χ0v) is 18.7. The summed E-state index contributed by atoms with van der Waals surface area (Å²) < 4.78 is 5.40. The molecule has 2 aromatic rings. The van der Waals surface area contributed by atoms with Gasteiger partial charge in [-0.15, -0.1) is 0 Å². The second kappa shape index (κ2) is 9.43. The summed E-state index contributed by atoms with van der Waals surface area (Å²) in [6, 6.07) is 9.70. The van der Waals surface area contributed by atoms with Crippen LogP contribution in [0.2, 0.25) is 0 Å². The fourth-order valence-electron chi connectivity index (χ4n) is 5.46. The van der Waals surface area contributed by atoms with Gasteiger partial charge in [-0.1, -0.05) is 18.9 Å². The van der Waals surface area contributed by atoms with Crippen molar-refractivity contribution in [3.63, 3.8) is 0 Å². The molecule has 1 aromatic heterocycles. The largest absolute Gasteiger partial charge is 0.497 e. The number of aromatic nitrogens is 2. The Kier molecular flexibility index (Phi) is 6.25. The van der Waals surface area contributed by atoms with Crippen LogP contribution in [0.15, 0.2) is 30.5 Å². The van der Waals surface area contributed by atoms with Gasteiger partial charge in [0, 0.05) is 44.5 Å². The van der Waals surface area contributed by atoms with Crippen molar-refractivity contribution < 1.29 is 4.74 Å². The Morgan fingerprint density at radius 3 is 2.71 bits per heavy atom. The lowest BCUT2D eigenvalue weighted by atomic mass is 9.87. The van der Waals surface area contributed by atoms with E-state index in [-0.39, 0.29) is 0 Å². The lowest BCUT2D eigenvalue weighted by Crippen LogP contribution is -2.39. The summed E-state index contributed by atoms with van der Waals surface area (Å²) in [5.41, 5.74) is 2.95. The first-order valence-corrected chi connectivity index (χ1v) is 12.0. The minimum atomic E-state index is 0.427. The van der Waals surface area contributed by atoms with E-state index >= 15 is 0 Å². The van der Waals surface area contributed by atoms with Gasteiger partial charge < -0.3 is 15.0 Å². The molecule has 0 spiro atoms. The van der Waals surface area contributed by atoms with E-state index in [2.05, 4.69) is 44.4 Å². The number of nitrogens with one attached hydrogen (secondary N) is 1. The highest BCUT2D eigenvalue weighted by Crippen LogP contribution is 2.30. The monoisotopic (exact) mass is 421 g/mol. The van der Waals surface area contributed by atoms with Crippen LogP contribution in [0.1, 0.15) is 49.7 Å². The molecule has 0 bridgehead atoms. The number of likely N-dealkylation sites (tertiary alicyclic amines) is 1. The zero-order valence-electron chi connectivity index (χ0n) is 18.7. The van der Waals surface area contributed by atoms with Crippen LogP contribution >= 0.6 is 0 Å². The number of hydrogen-bond acceptors (Lipinski definition) is 6. The number of benzene rings is 1. The van der Waals surface area contributed by atoms with Gasteiger partial charge in [-0.25, -0.2) is 4.98 Å². The molecule has 5 rings (SSSR count). The molecule has 0 saturated carbocycles. The second-order valence-electron chi connectivity index (χ2n) is 9.30. The fourth-order valence-corrected chi connectivity index (χ4v) is 5.46. The first kappa shape index (κ1) is 20.6. The van der Waals surface area contributed by atoms with Crippen molar-refractivity contribution in [2.75, 3.05) is 43.5 Å². The highest BCUT2D eigenvalue weighted by atomic mass is 16.5. The molecule has 1 aromatic carbocycles. The number of fused-ring (bicyclic) bond motifs is 1. The Hall–Kier alpha value is -2.34. The van der Waals surface area contributed by atoms with Crippen molar-refractivity contribution in [1.29, 1.82) is 0 Å². The number of aryl methyl sites for hydroxylation is 1. The van der Waals surface area contributed by atoms with Gasteiger partial charge in [-0.3, -0.25) is 4.90 Å². The molecular weight excluding hydrogens is 386 g/mol. The third kappa shape index (κ3) is 4.79. The van der Waals surface area contributed by atoms with Gasteiger partial charge in [0.15, 0.2) is 0 Å². The molecule has 1 aliphatic carbocycles. The van der Waals surface area contributed by atoms with Crippen LogP contribution in [0.25, 0.3) is 0 Å². The summed E-state index contributed by atoms with van der Waals surface area (Å²) in [5.74, 6) is 2.84. The van der Waals surface area contributed by atoms with Crippen LogP contribution in [0.4, 0.5) is 11.8 Å². The van der Waals surface area contributed by atoms with Gasteiger partial charge in [0.05, 0.1) is 7.11 Å². The molecule has 2 saturated heterocycles. The summed E-state index contributed by atoms with van der Waals surface area (Å²) >= 11 is 0. The van der Waals surface area contributed by atoms with Crippen molar-refractivity contribution in [3.05, 3.63) is 41.6 Å². The van der Waals surface area contributed by atoms with Crippen molar-refractivity contribution in [2.24, 2.45) is 0 Å². The van der Waals surface area contributed by atoms with E-state index in [1.807, 2.05) is 6.20 Å². The Morgan fingerprint density at radius 2 is 1.87 bits per heavy atom. The van der Waals surface area contributed by atoms with Crippen molar-refractivity contribution in [3.8, 4) is 5.75 Å². The van der Waals surface area contributed by atoms with Crippen LogP contribution in [-0.4, -0.2) is 60.2 Å². The summed E-state index contributed by atoms with van der Waals surface area (Å²) in [6.07, 6.45) is 11.8. The van der Waals surface area contributed by atoms with E-state index < -0.39 is 0 Å². The van der Waals surface area contributed by atoms with Gasteiger partial charge >= 0.3 is 0 Å². The SMILES string of the molecule is COc1ccc2c(c1)CCC(N1CCC(Nc3nccc(N4CCCCCC4)n3)C1)C2. The molecule has 3 heterocycles. The first-order valence-electron chi connectivity index (χ1n) is 12.0. The van der Waals surface area contributed by atoms with Crippen LogP contribution in [0, 0.1) is 0 Å². The van der Waals surface area contributed by atoms with E-state index in [1.54, 1.807) is 7.11 Å². The molecule has 1 N–H and O–H groups in total. The predicted octanol–water partition coefficient (Wildman–Crippen LogP) is 3.91. The highest BCUT2D eigenvalue weighted by molar-refractivity contribution is 5.43. The normalized spacial score (nSPS) is 24.5. The summed E-state index contributed by atoms with van der Waals surface area (Å²) in [7, 11) is 1.75. The van der Waals surface area contributed by atoms with E-state index in [1.165, 1.54) is 43.2 Å². The lowest BCUT2D eigenvalue weighted by molar-refractivity contribution is 0.220. The molecule has 166 valence electrons. The number of anilines is 2. The third-order valence-corrected chi connectivity index (χ3v) is 7.26. The van der Waals surface area contributed by atoms with Crippen molar-refractivity contribution in [2.45, 2.75) is 63.5 Å². The molecule has 6 nitrogen and oxygen atoms in total. The van der Waals surface area contributed by atoms with Crippen molar-refractivity contribution >= 4 is 11.8 Å². The number of methoxy groups -OCH3 is 1. The highest BCUT2D eigenvalue weighted by Gasteiger charge is 2.31. The number of hydrogen-bond donors (Lipinski definition) is 1. The standard InChI is InChI=1S/C25H35N5O/c1-31-23-9-7-19-16-22(8-6-20(19)17-23)30-15-11-21(18-30)27-25-26-12-10-24(28-25)29-13-4-2-3-5-14-29/h7,9-10,12,17,21-22H,2-6,8,11,13-16,18H2,1H3,(H,26,27,28). The molecule has 31 heavy (non-hydrogen) atoms. The zero-order chi connectivity index (χ0) is 21.0. The minimum absolute atomic E-state index is 0.427. The van der Waals surface area contributed by atoms with Crippen LogP contribution in [0.5, 0.6) is 5.75 Å². The molecule has 2 unspecified atom stereocenters. The van der Waals surface area contributed by atoms with Crippen molar-refractivity contribution in [1.82, 2.24) is 14.9 Å². The van der Waals surface area contributed by atoms with E-state index in [0.29, 0.717) is 12.1 Å². The van der Waals surface area contributed by atoms with Gasteiger partial charge in [-0.2, -0.15) is 4.98 Å². The Balaban J connectivity index is 1.18. The topological polar surface area (TPSA) is 53.5 Å². The molecule has 0 radical (unpaired) electrons. The van der Waals surface area contributed by atoms with Crippen LogP contribution in [0.3, 0.4) is 0 Å². The van der Waals surface area contributed by atoms with E-state index in [0.717, 1.165) is 63.0 Å². The quantitative estimate of drug-likeness (QED) is 0.790. The predicted molar refractivity (Wildman–Crippen MR) is 125 cm³/mol. The molecule has 6 heteroatoms. The average Bonchev–Trinajstić information content (AvgIpc) is 3.10. The van der Waals surface area contributed by atoms with E-state index in [4.69, 9.17) is 9.72 Å². The Labute approximate surface area is 186 Å². The van der Waals surface area contributed by atoms with Gasteiger partial charge in [0.1, 0.15) is 11.6 Å². The van der Waals surface area contributed by atoms with Gasteiger partial charge in [0.25, 0.3) is 0 Å². The molecule has 2 aliphatic heterocycles. The summed E-state index contributed by atoms with van der Waals surface area (Å²) in [5, 5.41) is 3.63. The molecule has 0 amide bonds. The lowest BCUT2D eigenvalue weighted by Gasteiger charge is -2.32. The number of ether oxygens (including phenoxy) is 1. The van der Waals surface area contributed by atoms with Gasteiger partial charge in [-0.05, 0) is 67.9 Å². The minimum Gasteiger partial charge on any atom is -0.497 e. The summed E-state index contributed by atoms with van der Waals surface area (Å²) in [6.45, 7) is 4.46. The Morgan fingerprint density at radius 1 is 1.00 bits per heavy atom. The Bertz CT molecular complexity index is 880. The molecular formula is C25H35N5O. The molecule has 2 atom stereocenters. The smallest absolute Gasteiger partial charge is 0.224 e. The maximum Gasteiger partial charge on any atom is 0.224 e. The van der Waals surface area contributed by atoms with E-state index in [9.17, 15) is 0 Å². The first-order chi connectivity index (χ1) is 15.3. The van der Waals surface area contributed by atoms with Crippen LogP contribution in [-0.2, 0) is 12.8 Å². The van der Waals surface area contributed by atoms with Crippen LogP contribution < -0.4 is 15.0 Å². The van der Waals surface area contributed by atoms with Gasteiger partial charge in [0.2, 0.25) is 5.95 Å². The maximum atomic E-state index is 5.40. The second-order valence-corrected chi connectivity index (χ2v) is 9.30. The summed E-state index contributed by atoms with van der Waals surface area (Å²) in [4.78, 5) is 14.5. The maximum absolute atomic E-state index is 5.40. The molecule has 3 aliphatic rings.